The van der Waals surface area contributed by atoms with E-state index in [1.807, 2.05) is 0 Å². The average Bonchev–Trinajstić information content (AvgIpc) is 3.17. The summed E-state index contributed by atoms with van der Waals surface area (Å²) in [5.74, 6) is -0.291. The zero-order chi connectivity index (χ0) is 29.2. The number of halogens is 3. The fraction of sp³-hybridized carbons (Fsp3) is 0.259. The Hall–Kier alpha value is -4.81. The van der Waals surface area contributed by atoms with Gasteiger partial charge in [-0.25, -0.2) is 4.79 Å². The van der Waals surface area contributed by atoms with Gasteiger partial charge in [-0.2, -0.15) is 13.2 Å². The van der Waals surface area contributed by atoms with Crippen LogP contribution in [0, 0.1) is 0 Å². The molecule has 10 nitrogen and oxygen atoms in total. The molecule has 4 amide bonds. The molecule has 0 aliphatic carbocycles. The van der Waals surface area contributed by atoms with Crippen LogP contribution in [0.1, 0.15) is 42.7 Å². The molecular weight excluding hydrogens is 531 g/mol. The number of carbonyl (C=O) groups excluding carboxylic acids is 3. The van der Waals surface area contributed by atoms with E-state index in [-0.39, 0.29) is 29.2 Å². The van der Waals surface area contributed by atoms with Gasteiger partial charge in [0.15, 0.2) is 0 Å². The highest BCUT2D eigenvalue weighted by Gasteiger charge is 2.44. The molecule has 13 heteroatoms. The quantitative estimate of drug-likeness (QED) is 0.252. The first-order valence-corrected chi connectivity index (χ1v) is 12.2. The number of anilines is 3. The first-order chi connectivity index (χ1) is 18.8. The molecule has 2 aromatic carbocycles. The average molecular weight is 559 g/mol. The largest absolute Gasteiger partial charge is 0.457 e. The van der Waals surface area contributed by atoms with Crippen LogP contribution in [-0.2, 0) is 11.0 Å². The van der Waals surface area contributed by atoms with Crippen LogP contribution < -0.4 is 30.3 Å². The highest BCUT2D eigenvalue weighted by atomic mass is 19.4. The second-order valence-corrected chi connectivity index (χ2v) is 9.65. The molecule has 2 heterocycles. The Labute approximate surface area is 227 Å². The van der Waals surface area contributed by atoms with Crippen molar-refractivity contribution in [1.29, 1.82) is 0 Å². The van der Waals surface area contributed by atoms with E-state index >= 15 is 0 Å². The van der Waals surface area contributed by atoms with Crippen LogP contribution in [0.25, 0.3) is 0 Å². The Kier molecular flexibility index (Phi) is 7.58. The van der Waals surface area contributed by atoms with Gasteiger partial charge in [0, 0.05) is 41.2 Å². The number of pyridine rings is 1. The molecule has 0 spiro atoms. The monoisotopic (exact) mass is 558 g/mol. The van der Waals surface area contributed by atoms with Gasteiger partial charge in [0.25, 0.3) is 0 Å². The summed E-state index contributed by atoms with van der Waals surface area (Å²) >= 11 is 0. The molecule has 4 N–H and O–H groups in total. The topological polar surface area (TPSA) is 124 Å². The van der Waals surface area contributed by atoms with Gasteiger partial charge >= 0.3 is 23.8 Å². The number of amides is 4. The number of ether oxygens (including phenoxy) is 1. The smallest absolute Gasteiger partial charge is 0.418 e. The third-order valence-corrected chi connectivity index (χ3v) is 6.32. The molecular formula is C27H27F3N5O5+. The van der Waals surface area contributed by atoms with Gasteiger partial charge in [0.1, 0.15) is 11.5 Å². The number of carbonyl (C=O) groups is 3. The Bertz CT molecular complexity index is 1460. The molecule has 1 aromatic heterocycles. The molecule has 1 aliphatic heterocycles. The zero-order valence-corrected chi connectivity index (χ0v) is 21.8. The highest BCUT2D eigenvalue weighted by Crippen LogP contribution is 2.43. The van der Waals surface area contributed by atoms with Crippen molar-refractivity contribution < 1.29 is 42.2 Å². The Morgan fingerprint density at radius 2 is 1.65 bits per heavy atom. The molecule has 0 atom stereocenters. The van der Waals surface area contributed by atoms with Crippen molar-refractivity contribution in [2.24, 2.45) is 0 Å². The van der Waals surface area contributed by atoms with Gasteiger partial charge in [-0.1, -0.05) is 0 Å². The van der Waals surface area contributed by atoms with Crippen LogP contribution in [0.15, 0.2) is 60.8 Å². The van der Waals surface area contributed by atoms with E-state index in [1.54, 1.807) is 13.8 Å². The third kappa shape index (κ3) is 6.08. The summed E-state index contributed by atoms with van der Waals surface area (Å²) in [5.41, 5.74) is -1.87. The number of nitrogens with one attached hydrogen (secondary N) is 3. The number of urea groups is 1. The molecule has 1 saturated heterocycles. The molecule has 210 valence electrons. The predicted octanol–water partition coefficient (Wildman–Crippen LogP) is 4.93. The summed E-state index contributed by atoms with van der Waals surface area (Å²) in [6, 6.07) is 11.4. The minimum Gasteiger partial charge on any atom is -0.457 e. The van der Waals surface area contributed by atoms with E-state index < -0.39 is 35.1 Å². The van der Waals surface area contributed by atoms with Gasteiger partial charge in [-0.15, -0.1) is 0 Å². The maximum absolute atomic E-state index is 13.9. The summed E-state index contributed by atoms with van der Waals surface area (Å²) in [4.78, 5) is 37.9. The van der Waals surface area contributed by atoms with E-state index in [4.69, 9.17) is 4.74 Å². The third-order valence-electron chi connectivity index (χ3n) is 6.32. The second kappa shape index (κ2) is 10.8. The molecule has 0 unspecified atom stereocenters. The lowest BCUT2D eigenvalue weighted by molar-refractivity contribution is -0.905. The van der Waals surface area contributed by atoms with Crippen LogP contribution >= 0.6 is 0 Å². The Morgan fingerprint density at radius 3 is 2.25 bits per heavy atom. The van der Waals surface area contributed by atoms with Crippen LogP contribution in [-0.4, -0.2) is 35.6 Å². The molecule has 0 bridgehead atoms. The van der Waals surface area contributed by atoms with Gasteiger partial charge in [0.2, 0.25) is 12.1 Å². The number of alkyl halides is 3. The maximum Gasteiger partial charge on any atom is 0.418 e. The Morgan fingerprint density at radius 1 is 1.00 bits per heavy atom. The number of hydrogen-bond donors (Lipinski definition) is 4. The Balaban J connectivity index is 1.45. The molecule has 1 aliphatic rings. The van der Waals surface area contributed by atoms with E-state index in [0.717, 1.165) is 6.07 Å². The van der Waals surface area contributed by atoms with Gasteiger partial charge in [0.05, 0.1) is 17.3 Å². The van der Waals surface area contributed by atoms with Crippen molar-refractivity contribution in [3.8, 4) is 11.5 Å². The number of rotatable bonds is 6. The normalized spacial score (nSPS) is 14.6. The highest BCUT2D eigenvalue weighted by molar-refractivity contribution is 6.01. The van der Waals surface area contributed by atoms with Crippen molar-refractivity contribution >= 4 is 34.9 Å². The van der Waals surface area contributed by atoms with E-state index in [1.165, 1.54) is 66.7 Å². The van der Waals surface area contributed by atoms with E-state index in [2.05, 4.69) is 16.0 Å². The lowest BCUT2D eigenvalue weighted by Crippen LogP contribution is -2.42. The number of aromatic nitrogens is 1. The molecule has 1 fully saturated rings. The summed E-state index contributed by atoms with van der Waals surface area (Å²) in [7, 11) is 1.42. The number of nitrogens with zero attached hydrogens (tertiary/aromatic N) is 2. The fourth-order valence-electron chi connectivity index (χ4n) is 4.34. The summed E-state index contributed by atoms with van der Waals surface area (Å²) < 4.78 is 48.1. The minimum atomic E-state index is -4.75. The van der Waals surface area contributed by atoms with Gasteiger partial charge < -0.3 is 25.6 Å². The van der Waals surface area contributed by atoms with Crippen LogP contribution in [0.2, 0.25) is 0 Å². The lowest BCUT2D eigenvalue weighted by Gasteiger charge is -2.33. The summed E-state index contributed by atoms with van der Waals surface area (Å²) in [6.07, 6.45) is -2.93. The summed E-state index contributed by atoms with van der Waals surface area (Å²) in [5, 5.41) is 17.1. The number of hydrogen-bond acceptors (Lipinski definition) is 5. The number of benzene rings is 2. The van der Waals surface area contributed by atoms with Crippen molar-refractivity contribution in [3.63, 3.8) is 0 Å². The van der Waals surface area contributed by atoms with E-state index in [0.29, 0.717) is 22.6 Å². The predicted molar refractivity (Wildman–Crippen MR) is 139 cm³/mol. The molecule has 40 heavy (non-hydrogen) atoms. The molecule has 3 aromatic rings. The lowest BCUT2D eigenvalue weighted by atomic mass is 10.00. The van der Waals surface area contributed by atoms with E-state index in [9.17, 15) is 32.8 Å². The first-order valence-electron chi connectivity index (χ1n) is 12.2. The standard InChI is InChI=1S/C27H26F3N5O5/c1-26(2)12-10-23(36)35(26)21-9-6-17(14-20(21)27(28,29)30)33-25(38)32-16-4-7-18(8-5-16)40-19-11-13-34(39)22(15-19)24(37)31-3/h4-9,11,13-15H,10,12H2,1-3H3,(H3-,31,32,33,37,38,39)/p+1. The molecule has 4 rings (SSSR count). The summed E-state index contributed by atoms with van der Waals surface area (Å²) in [6.45, 7) is 3.42. The van der Waals surface area contributed by atoms with Crippen LogP contribution in [0.4, 0.5) is 35.0 Å². The van der Waals surface area contributed by atoms with Crippen LogP contribution in [0.3, 0.4) is 0 Å². The van der Waals surface area contributed by atoms with Crippen molar-refractivity contribution in [2.75, 3.05) is 22.6 Å². The van der Waals surface area contributed by atoms with Crippen molar-refractivity contribution in [2.45, 2.75) is 38.4 Å². The van der Waals surface area contributed by atoms with Gasteiger partial charge in [-0.3, -0.25) is 14.8 Å². The maximum atomic E-state index is 13.9. The fourth-order valence-corrected chi connectivity index (χ4v) is 4.34. The van der Waals surface area contributed by atoms with Crippen molar-refractivity contribution in [1.82, 2.24) is 5.32 Å². The van der Waals surface area contributed by atoms with Crippen LogP contribution in [0.5, 0.6) is 11.5 Å². The molecule has 0 saturated carbocycles. The SMILES string of the molecule is CNC(=O)c1cc(Oc2ccc(NC(=O)Nc3ccc(N4C(=O)CCC4(C)C)c(C(F)(F)F)c3)cc2)cc[n+]1O. The molecule has 0 radical (unpaired) electrons. The van der Waals surface area contributed by atoms with Gasteiger partial charge in [-0.05, 0) is 62.7 Å². The first kappa shape index (κ1) is 28.2. The minimum absolute atomic E-state index is 0.0487. The van der Waals surface area contributed by atoms with Crippen molar-refractivity contribution in [3.05, 3.63) is 72.1 Å². The second-order valence-electron chi connectivity index (χ2n) is 9.65. The zero-order valence-electron chi connectivity index (χ0n) is 21.8.